The number of fused-ring (bicyclic) bond motifs is 1. The number of nitrogens with zero attached hydrogens (tertiary/aromatic N) is 3. The highest BCUT2D eigenvalue weighted by atomic mass is 32.2. The molecule has 1 amide bonds. The minimum atomic E-state index is -3.71. The van der Waals surface area contributed by atoms with Gasteiger partial charge in [-0.25, -0.2) is 12.8 Å². The Morgan fingerprint density at radius 2 is 1.70 bits per heavy atom. The molecule has 1 fully saturated rings. The number of carbonyl (C=O) groups excluding carboxylic acids is 1. The van der Waals surface area contributed by atoms with E-state index in [0.717, 1.165) is 43.0 Å². The highest BCUT2D eigenvalue weighted by Gasteiger charge is 2.25. The van der Waals surface area contributed by atoms with Crippen LogP contribution in [-0.4, -0.2) is 70.0 Å². The first-order valence-electron chi connectivity index (χ1n) is 13.1. The van der Waals surface area contributed by atoms with Gasteiger partial charge in [0.05, 0.1) is 25.1 Å². The van der Waals surface area contributed by atoms with E-state index in [9.17, 15) is 17.6 Å². The van der Waals surface area contributed by atoms with Crippen LogP contribution < -0.4 is 18.5 Å². The molecule has 11 heteroatoms. The van der Waals surface area contributed by atoms with Gasteiger partial charge in [0.2, 0.25) is 16.8 Å². The van der Waals surface area contributed by atoms with Gasteiger partial charge in [-0.05, 0) is 67.1 Å². The van der Waals surface area contributed by atoms with Crippen molar-refractivity contribution >= 4 is 21.6 Å². The standard InChI is InChI=1S/C29H32FN3O6S/c1-3-37-26-11-5-22(17-23(26)19-33(40(2,35)36)25-8-6-24(30)7-9-25)29(34)32-14-12-31(13-15-32)18-21-4-10-27-28(16-21)39-20-38-27/h4-11,16-17H,3,12-15,18-20H2,1-2H3. The van der Waals surface area contributed by atoms with Gasteiger partial charge in [-0.3, -0.25) is 14.0 Å². The van der Waals surface area contributed by atoms with Crippen LogP contribution in [0.4, 0.5) is 10.1 Å². The van der Waals surface area contributed by atoms with Crippen LogP contribution in [0.5, 0.6) is 17.2 Å². The van der Waals surface area contributed by atoms with Crippen molar-refractivity contribution in [1.29, 1.82) is 0 Å². The van der Waals surface area contributed by atoms with Crippen molar-refractivity contribution in [3.63, 3.8) is 0 Å². The van der Waals surface area contributed by atoms with E-state index in [1.165, 1.54) is 28.6 Å². The SMILES string of the molecule is CCOc1ccc(C(=O)N2CCN(Cc3ccc4c(c3)OCO4)CC2)cc1CN(c1ccc(F)cc1)S(C)(=O)=O. The summed E-state index contributed by atoms with van der Waals surface area (Å²) < 4.78 is 56.6. The van der Waals surface area contributed by atoms with E-state index < -0.39 is 15.8 Å². The lowest BCUT2D eigenvalue weighted by molar-refractivity contribution is 0.0628. The number of amides is 1. The molecule has 0 bridgehead atoms. The molecule has 0 unspecified atom stereocenters. The molecule has 1 saturated heterocycles. The predicted molar refractivity (Wildman–Crippen MR) is 149 cm³/mol. The highest BCUT2D eigenvalue weighted by molar-refractivity contribution is 7.92. The number of carbonyl (C=O) groups is 1. The fourth-order valence-corrected chi connectivity index (χ4v) is 5.76. The van der Waals surface area contributed by atoms with Crippen molar-refractivity contribution in [3.05, 3.63) is 83.2 Å². The second-order valence-electron chi connectivity index (χ2n) is 9.76. The van der Waals surface area contributed by atoms with E-state index in [2.05, 4.69) is 4.90 Å². The van der Waals surface area contributed by atoms with Gasteiger partial charge < -0.3 is 19.1 Å². The van der Waals surface area contributed by atoms with Gasteiger partial charge in [0.1, 0.15) is 11.6 Å². The van der Waals surface area contributed by atoms with Gasteiger partial charge >= 0.3 is 0 Å². The topological polar surface area (TPSA) is 88.6 Å². The maximum atomic E-state index is 13.5. The molecule has 0 aliphatic carbocycles. The van der Waals surface area contributed by atoms with Crippen molar-refractivity contribution < 1.29 is 31.8 Å². The molecule has 0 saturated carbocycles. The molecule has 3 aromatic rings. The lowest BCUT2D eigenvalue weighted by atomic mass is 10.1. The molecule has 0 aromatic heterocycles. The number of halogens is 1. The van der Waals surface area contributed by atoms with Crippen LogP contribution in [0, 0.1) is 5.82 Å². The molecular formula is C29H32FN3O6S. The number of hydrogen-bond donors (Lipinski definition) is 0. The number of ether oxygens (including phenoxy) is 3. The minimum absolute atomic E-state index is 0.0652. The van der Waals surface area contributed by atoms with Crippen LogP contribution in [0.3, 0.4) is 0 Å². The van der Waals surface area contributed by atoms with Gasteiger partial charge in [0, 0.05) is 43.9 Å². The van der Waals surface area contributed by atoms with Gasteiger partial charge in [-0.2, -0.15) is 0 Å². The van der Waals surface area contributed by atoms with Gasteiger partial charge in [-0.1, -0.05) is 6.07 Å². The third-order valence-electron chi connectivity index (χ3n) is 6.94. The lowest BCUT2D eigenvalue weighted by Gasteiger charge is -2.35. The fraction of sp³-hybridized carbons (Fsp3) is 0.345. The minimum Gasteiger partial charge on any atom is -0.494 e. The smallest absolute Gasteiger partial charge is 0.253 e. The van der Waals surface area contributed by atoms with E-state index in [1.54, 1.807) is 18.2 Å². The maximum Gasteiger partial charge on any atom is 0.253 e. The number of piperazine rings is 1. The first-order chi connectivity index (χ1) is 19.2. The maximum absolute atomic E-state index is 13.5. The number of rotatable bonds is 9. The molecule has 40 heavy (non-hydrogen) atoms. The van der Waals surface area contributed by atoms with Crippen LogP contribution in [-0.2, 0) is 23.1 Å². The van der Waals surface area contributed by atoms with Gasteiger partial charge in [-0.15, -0.1) is 0 Å². The van der Waals surface area contributed by atoms with E-state index in [-0.39, 0.29) is 19.2 Å². The van der Waals surface area contributed by atoms with Crippen molar-refractivity contribution in [3.8, 4) is 17.2 Å². The van der Waals surface area contributed by atoms with Crippen LogP contribution >= 0.6 is 0 Å². The van der Waals surface area contributed by atoms with Crippen molar-refractivity contribution in [2.75, 3.05) is 50.1 Å². The zero-order valence-corrected chi connectivity index (χ0v) is 23.3. The Labute approximate surface area is 233 Å². The van der Waals surface area contributed by atoms with Crippen LogP contribution in [0.2, 0.25) is 0 Å². The summed E-state index contributed by atoms with van der Waals surface area (Å²) in [6.45, 7) is 5.70. The Hall–Kier alpha value is -3.83. The summed E-state index contributed by atoms with van der Waals surface area (Å²) in [4.78, 5) is 17.6. The average Bonchev–Trinajstić information content (AvgIpc) is 3.41. The van der Waals surface area contributed by atoms with Crippen molar-refractivity contribution in [2.45, 2.75) is 20.0 Å². The number of anilines is 1. The molecule has 0 atom stereocenters. The fourth-order valence-electron chi connectivity index (χ4n) is 4.88. The largest absolute Gasteiger partial charge is 0.494 e. The Morgan fingerprint density at radius 3 is 2.40 bits per heavy atom. The third kappa shape index (κ3) is 6.31. The Morgan fingerprint density at radius 1 is 0.975 bits per heavy atom. The summed E-state index contributed by atoms with van der Waals surface area (Å²) >= 11 is 0. The summed E-state index contributed by atoms with van der Waals surface area (Å²) in [6, 6.07) is 16.3. The summed E-state index contributed by atoms with van der Waals surface area (Å²) in [6.07, 6.45) is 1.09. The van der Waals surface area contributed by atoms with Crippen LogP contribution in [0.25, 0.3) is 0 Å². The first kappa shape index (κ1) is 27.7. The highest BCUT2D eigenvalue weighted by Crippen LogP contribution is 2.33. The number of sulfonamides is 1. The second-order valence-corrected chi connectivity index (χ2v) is 11.7. The molecule has 2 aliphatic rings. The molecule has 9 nitrogen and oxygen atoms in total. The van der Waals surface area contributed by atoms with Gasteiger partial charge in [0.15, 0.2) is 11.5 Å². The molecular weight excluding hydrogens is 537 g/mol. The van der Waals surface area contributed by atoms with Crippen LogP contribution in [0.15, 0.2) is 60.7 Å². The van der Waals surface area contributed by atoms with E-state index in [1.807, 2.05) is 30.0 Å². The summed E-state index contributed by atoms with van der Waals surface area (Å²) in [7, 11) is -3.71. The zero-order chi connectivity index (χ0) is 28.3. The average molecular weight is 570 g/mol. The molecule has 3 aromatic carbocycles. The van der Waals surface area contributed by atoms with Crippen molar-refractivity contribution in [1.82, 2.24) is 9.80 Å². The van der Waals surface area contributed by atoms with Crippen LogP contribution in [0.1, 0.15) is 28.4 Å². The summed E-state index contributed by atoms with van der Waals surface area (Å²) in [5, 5.41) is 0. The normalized spacial score (nSPS) is 15.2. The number of benzene rings is 3. The summed E-state index contributed by atoms with van der Waals surface area (Å²) in [5.41, 5.74) is 2.44. The van der Waals surface area contributed by atoms with E-state index in [0.29, 0.717) is 42.3 Å². The summed E-state index contributed by atoms with van der Waals surface area (Å²) in [5.74, 6) is 1.41. The molecule has 212 valence electrons. The second kappa shape index (κ2) is 11.7. The molecule has 0 spiro atoms. The van der Waals surface area contributed by atoms with Gasteiger partial charge in [0.25, 0.3) is 5.91 Å². The number of hydrogen-bond acceptors (Lipinski definition) is 7. The van der Waals surface area contributed by atoms with Crippen molar-refractivity contribution in [2.24, 2.45) is 0 Å². The Kier molecular flexibility index (Phi) is 8.13. The molecule has 0 radical (unpaired) electrons. The van der Waals surface area contributed by atoms with E-state index in [4.69, 9.17) is 14.2 Å². The molecule has 2 aliphatic heterocycles. The first-order valence-corrected chi connectivity index (χ1v) is 15.0. The zero-order valence-electron chi connectivity index (χ0n) is 22.5. The molecule has 0 N–H and O–H groups in total. The Balaban J connectivity index is 1.29. The van der Waals surface area contributed by atoms with E-state index >= 15 is 0 Å². The monoisotopic (exact) mass is 569 g/mol. The predicted octanol–water partition coefficient (Wildman–Crippen LogP) is 3.88. The Bertz CT molecular complexity index is 1470. The molecule has 5 rings (SSSR count). The quantitative estimate of drug-likeness (QED) is 0.387. The third-order valence-corrected chi connectivity index (χ3v) is 8.08. The lowest BCUT2D eigenvalue weighted by Crippen LogP contribution is -2.48. The molecule has 2 heterocycles.